The summed E-state index contributed by atoms with van der Waals surface area (Å²) < 4.78 is 0. The molecule has 2 aromatic rings. The summed E-state index contributed by atoms with van der Waals surface area (Å²) in [5.74, 6) is -0.173. The van der Waals surface area contributed by atoms with Crippen LogP contribution in [0, 0.1) is 11.3 Å². The van der Waals surface area contributed by atoms with Crippen LogP contribution in [0.4, 0.5) is 10.7 Å². The third kappa shape index (κ3) is 3.53. The van der Waals surface area contributed by atoms with E-state index in [2.05, 4.69) is 23.2 Å². The van der Waals surface area contributed by atoms with Crippen molar-refractivity contribution in [1.82, 2.24) is 4.90 Å². The first kappa shape index (κ1) is 17.5. The van der Waals surface area contributed by atoms with Crippen molar-refractivity contribution < 1.29 is 4.79 Å². The molecule has 3 rings (SSSR count). The molecule has 2 heterocycles. The predicted octanol–water partition coefficient (Wildman–Crippen LogP) is 3.32. The highest BCUT2D eigenvalue weighted by Crippen LogP contribution is 2.36. The number of hydrogen-bond acceptors (Lipinski definition) is 5. The monoisotopic (exact) mass is 354 g/mol. The number of likely N-dealkylation sites (N-methyl/N-ethyl adjacent to an activating group) is 1. The van der Waals surface area contributed by atoms with Crippen molar-refractivity contribution in [1.29, 1.82) is 5.26 Å². The van der Waals surface area contributed by atoms with Crippen LogP contribution in [0.5, 0.6) is 0 Å². The van der Waals surface area contributed by atoms with Gasteiger partial charge in [0.05, 0.1) is 5.56 Å². The quantitative estimate of drug-likeness (QED) is 0.915. The number of benzene rings is 1. The van der Waals surface area contributed by atoms with Crippen molar-refractivity contribution in [2.45, 2.75) is 19.9 Å². The lowest BCUT2D eigenvalue weighted by Crippen LogP contribution is -2.29. The summed E-state index contributed by atoms with van der Waals surface area (Å²) in [5, 5.41) is 13.2. The minimum absolute atomic E-state index is 0.173. The van der Waals surface area contributed by atoms with Gasteiger partial charge in [-0.1, -0.05) is 6.92 Å². The minimum atomic E-state index is -0.173. The number of fused-ring (bicyclic) bond motifs is 1. The third-order valence-corrected chi connectivity index (χ3v) is 5.70. The van der Waals surface area contributed by atoms with Crippen LogP contribution in [-0.4, -0.2) is 38.0 Å². The van der Waals surface area contributed by atoms with Crippen molar-refractivity contribution in [2.75, 3.05) is 37.4 Å². The molecule has 0 radical (unpaired) electrons. The van der Waals surface area contributed by atoms with Crippen LogP contribution in [0.3, 0.4) is 0 Å². The fraction of sp³-hybridized carbons (Fsp3) is 0.368. The van der Waals surface area contributed by atoms with Gasteiger partial charge in [-0.2, -0.15) is 5.26 Å². The number of rotatable bonds is 4. The molecular formula is C19H22N4OS. The summed E-state index contributed by atoms with van der Waals surface area (Å²) in [7, 11) is 3.92. The second-order valence-electron chi connectivity index (χ2n) is 6.33. The molecule has 1 amide bonds. The maximum atomic E-state index is 12.6. The highest BCUT2D eigenvalue weighted by Gasteiger charge is 2.24. The number of nitrogens with zero attached hydrogens (tertiary/aromatic N) is 3. The van der Waals surface area contributed by atoms with E-state index in [0.29, 0.717) is 16.1 Å². The third-order valence-electron chi connectivity index (χ3n) is 4.57. The number of nitrogens with one attached hydrogen (secondary N) is 1. The van der Waals surface area contributed by atoms with Crippen molar-refractivity contribution >= 4 is 27.9 Å². The summed E-state index contributed by atoms with van der Waals surface area (Å²) in [6, 6.07) is 9.74. The molecule has 130 valence electrons. The van der Waals surface area contributed by atoms with Crippen LogP contribution in [0.2, 0.25) is 0 Å². The Morgan fingerprint density at radius 3 is 2.68 bits per heavy atom. The van der Waals surface area contributed by atoms with Crippen molar-refractivity contribution in [3.63, 3.8) is 0 Å². The van der Waals surface area contributed by atoms with Gasteiger partial charge in [-0.3, -0.25) is 9.69 Å². The fourth-order valence-electron chi connectivity index (χ4n) is 3.02. The summed E-state index contributed by atoms with van der Waals surface area (Å²) in [6.07, 6.45) is 0.871. The van der Waals surface area contributed by atoms with E-state index in [9.17, 15) is 10.1 Å². The maximum absolute atomic E-state index is 12.6. The van der Waals surface area contributed by atoms with E-state index in [-0.39, 0.29) is 5.91 Å². The first-order valence-electron chi connectivity index (χ1n) is 8.39. The molecule has 0 bridgehead atoms. The van der Waals surface area contributed by atoms with E-state index in [4.69, 9.17) is 0 Å². The molecule has 1 aliphatic heterocycles. The molecule has 0 spiro atoms. The van der Waals surface area contributed by atoms with Gasteiger partial charge >= 0.3 is 0 Å². The van der Waals surface area contributed by atoms with E-state index >= 15 is 0 Å². The average Bonchev–Trinajstić information content (AvgIpc) is 2.97. The van der Waals surface area contributed by atoms with Gasteiger partial charge in [0.15, 0.2) is 0 Å². The van der Waals surface area contributed by atoms with Gasteiger partial charge in [-0.05, 0) is 42.8 Å². The molecule has 6 heteroatoms. The largest absolute Gasteiger partial charge is 0.378 e. The second-order valence-corrected chi connectivity index (χ2v) is 7.44. The molecule has 1 aromatic heterocycles. The first-order chi connectivity index (χ1) is 12.0. The number of amides is 1. The lowest BCUT2D eigenvalue weighted by Gasteiger charge is -2.24. The topological polar surface area (TPSA) is 59.4 Å². The predicted molar refractivity (Wildman–Crippen MR) is 102 cm³/mol. The highest BCUT2D eigenvalue weighted by molar-refractivity contribution is 7.16. The number of nitriles is 1. The van der Waals surface area contributed by atoms with Gasteiger partial charge in [0.2, 0.25) is 0 Å². The number of thiophene rings is 1. The van der Waals surface area contributed by atoms with Crippen molar-refractivity contribution in [3.8, 4) is 6.07 Å². The molecule has 0 saturated carbocycles. The number of anilines is 2. The van der Waals surface area contributed by atoms with Crippen LogP contribution in [-0.2, 0) is 13.0 Å². The van der Waals surface area contributed by atoms with Gasteiger partial charge in [0, 0.05) is 43.3 Å². The molecule has 0 unspecified atom stereocenters. The van der Waals surface area contributed by atoms with Gasteiger partial charge in [0.1, 0.15) is 11.1 Å². The zero-order chi connectivity index (χ0) is 18.0. The Kier molecular flexibility index (Phi) is 5.07. The van der Waals surface area contributed by atoms with Crippen molar-refractivity contribution in [2.24, 2.45) is 0 Å². The normalized spacial score (nSPS) is 13.8. The molecule has 1 aliphatic rings. The van der Waals surface area contributed by atoms with E-state index in [1.54, 1.807) is 0 Å². The average molecular weight is 354 g/mol. The van der Waals surface area contributed by atoms with Crippen LogP contribution in [0.25, 0.3) is 0 Å². The number of carbonyl (C=O) groups excluding carboxylic acids is 1. The Morgan fingerprint density at radius 1 is 1.36 bits per heavy atom. The lowest BCUT2D eigenvalue weighted by molar-refractivity contribution is 0.102. The van der Waals surface area contributed by atoms with E-state index in [1.807, 2.05) is 43.3 Å². The Morgan fingerprint density at radius 2 is 2.08 bits per heavy atom. The zero-order valence-electron chi connectivity index (χ0n) is 14.8. The summed E-state index contributed by atoms with van der Waals surface area (Å²) in [4.78, 5) is 18.1. The second kappa shape index (κ2) is 7.26. The van der Waals surface area contributed by atoms with Gasteiger partial charge in [-0.25, -0.2) is 0 Å². The lowest BCUT2D eigenvalue weighted by atomic mass is 10.0. The van der Waals surface area contributed by atoms with Gasteiger partial charge in [0.25, 0.3) is 5.91 Å². The minimum Gasteiger partial charge on any atom is -0.378 e. The van der Waals surface area contributed by atoms with E-state index in [1.165, 1.54) is 16.2 Å². The van der Waals surface area contributed by atoms with Crippen LogP contribution < -0.4 is 10.2 Å². The van der Waals surface area contributed by atoms with Crippen LogP contribution in [0.1, 0.15) is 33.3 Å². The number of hydrogen-bond donors (Lipinski definition) is 1. The fourth-order valence-corrected chi connectivity index (χ4v) is 4.25. The smallest absolute Gasteiger partial charge is 0.256 e. The molecule has 5 nitrogen and oxygen atoms in total. The Balaban J connectivity index is 1.82. The summed E-state index contributed by atoms with van der Waals surface area (Å²) >= 11 is 1.53. The Hall–Kier alpha value is -2.36. The van der Waals surface area contributed by atoms with E-state index < -0.39 is 0 Å². The molecule has 0 aliphatic carbocycles. The summed E-state index contributed by atoms with van der Waals surface area (Å²) in [6.45, 7) is 4.97. The zero-order valence-corrected chi connectivity index (χ0v) is 15.6. The van der Waals surface area contributed by atoms with Crippen LogP contribution >= 0.6 is 11.3 Å². The van der Waals surface area contributed by atoms with Crippen LogP contribution in [0.15, 0.2) is 24.3 Å². The van der Waals surface area contributed by atoms with Crippen molar-refractivity contribution in [3.05, 3.63) is 45.8 Å². The molecule has 0 saturated heterocycles. The molecular weight excluding hydrogens is 332 g/mol. The van der Waals surface area contributed by atoms with Gasteiger partial charge in [-0.15, -0.1) is 11.3 Å². The molecule has 1 N–H and O–H groups in total. The summed E-state index contributed by atoms with van der Waals surface area (Å²) in [5.41, 5.74) is 3.38. The standard InChI is InChI=1S/C19H22N4OS/c1-4-23-10-9-15-16(11-20)19(25-17(15)12-23)21-18(24)13-5-7-14(8-6-13)22(2)3/h5-8H,4,9-10,12H2,1-3H3,(H,21,24). The van der Waals surface area contributed by atoms with E-state index in [0.717, 1.165) is 37.3 Å². The molecule has 25 heavy (non-hydrogen) atoms. The highest BCUT2D eigenvalue weighted by atomic mass is 32.1. The van der Waals surface area contributed by atoms with Gasteiger partial charge < -0.3 is 10.2 Å². The Bertz CT molecular complexity index is 817. The maximum Gasteiger partial charge on any atom is 0.256 e. The first-order valence-corrected chi connectivity index (χ1v) is 9.20. The molecule has 0 fully saturated rings. The number of carbonyl (C=O) groups is 1. The SMILES string of the molecule is CCN1CCc2c(sc(NC(=O)c3ccc(N(C)C)cc3)c2C#N)C1. The Labute approximate surface area is 152 Å². The molecule has 1 aromatic carbocycles. The molecule has 0 atom stereocenters.